The first kappa shape index (κ1) is 23.8. The van der Waals surface area contributed by atoms with E-state index in [1.807, 2.05) is 13.8 Å². The molecule has 1 unspecified atom stereocenters. The number of sulfonamides is 1. The fourth-order valence-electron chi connectivity index (χ4n) is 3.73. The summed E-state index contributed by atoms with van der Waals surface area (Å²) in [7, 11) is -1.08. The van der Waals surface area contributed by atoms with E-state index in [4.69, 9.17) is 5.73 Å². The lowest BCUT2D eigenvalue weighted by atomic mass is 9.83. The van der Waals surface area contributed by atoms with Crippen LogP contribution in [0.2, 0.25) is 0 Å². The van der Waals surface area contributed by atoms with Crippen molar-refractivity contribution in [2.75, 3.05) is 27.2 Å². The van der Waals surface area contributed by atoms with Gasteiger partial charge in [-0.2, -0.15) is 0 Å². The van der Waals surface area contributed by atoms with Crippen LogP contribution in [0.1, 0.15) is 38.7 Å². The lowest BCUT2D eigenvalue weighted by Gasteiger charge is -2.37. The van der Waals surface area contributed by atoms with Gasteiger partial charge in [-0.1, -0.05) is 44.2 Å². The van der Waals surface area contributed by atoms with Crippen molar-refractivity contribution < 1.29 is 18.0 Å². The summed E-state index contributed by atoms with van der Waals surface area (Å²) < 4.78 is 26.6. The highest BCUT2D eigenvalue weighted by molar-refractivity contribution is 7.90. The molecule has 0 heterocycles. The van der Waals surface area contributed by atoms with Crippen molar-refractivity contribution in [2.24, 2.45) is 5.73 Å². The molecule has 0 aromatic heterocycles. The van der Waals surface area contributed by atoms with Crippen LogP contribution in [0.5, 0.6) is 0 Å². The molecule has 2 rings (SSSR count). The molecule has 1 aromatic carbocycles. The number of carbonyl (C=O) groups is 2. The third-order valence-electron chi connectivity index (χ3n) is 5.21. The topological polar surface area (TPSA) is 101 Å². The van der Waals surface area contributed by atoms with Crippen LogP contribution < -0.4 is 5.73 Å². The van der Waals surface area contributed by atoms with Crippen molar-refractivity contribution in [2.45, 2.75) is 37.9 Å². The summed E-state index contributed by atoms with van der Waals surface area (Å²) in [6, 6.07) is 8.65. The van der Waals surface area contributed by atoms with Gasteiger partial charge in [0.2, 0.25) is 15.9 Å². The molecule has 2 N–H and O–H groups in total. The maximum atomic E-state index is 13.5. The Balaban J connectivity index is 2.78. The van der Waals surface area contributed by atoms with Crippen molar-refractivity contribution in [1.82, 2.24) is 9.21 Å². The number of rotatable bonds is 9. The lowest BCUT2D eigenvalue weighted by molar-refractivity contribution is -0.126. The van der Waals surface area contributed by atoms with E-state index in [1.54, 1.807) is 35.2 Å². The molecule has 1 aliphatic carbocycles. The first-order chi connectivity index (χ1) is 14.1. The first-order valence-electron chi connectivity index (χ1n) is 10.1. The Labute approximate surface area is 179 Å². The van der Waals surface area contributed by atoms with Gasteiger partial charge in [0.25, 0.3) is 5.91 Å². The summed E-state index contributed by atoms with van der Waals surface area (Å²) in [6.07, 6.45) is 4.34. The zero-order valence-corrected chi connectivity index (χ0v) is 18.9. The van der Waals surface area contributed by atoms with Gasteiger partial charge in [-0.25, -0.2) is 12.7 Å². The average Bonchev–Trinajstić information content (AvgIpc) is 2.73. The molecule has 1 aromatic rings. The van der Waals surface area contributed by atoms with Crippen LogP contribution in [0.3, 0.4) is 0 Å². The van der Waals surface area contributed by atoms with Crippen LogP contribution in [0.4, 0.5) is 0 Å². The van der Waals surface area contributed by atoms with Gasteiger partial charge in [0.1, 0.15) is 4.75 Å². The standard InChI is InChI=1S/C22H31N3O4S/c1-5-12-25(13-6-2)21(27)18-14-17(20(23)26)15-22(16-18,30(28,29)24(3)4)19-10-8-7-9-11-19/h7-11,14,16H,5-6,12-13,15H2,1-4H3,(H2,23,26). The van der Waals surface area contributed by atoms with E-state index in [-0.39, 0.29) is 23.5 Å². The Bertz CT molecular complexity index is 946. The fraction of sp³-hybridized carbons (Fsp3) is 0.455. The van der Waals surface area contributed by atoms with Crippen LogP contribution in [-0.4, -0.2) is 56.6 Å². The molecule has 0 fully saturated rings. The van der Waals surface area contributed by atoms with Gasteiger partial charge in [0.05, 0.1) is 0 Å². The maximum absolute atomic E-state index is 13.5. The van der Waals surface area contributed by atoms with E-state index < -0.39 is 20.7 Å². The molecule has 0 saturated heterocycles. The average molecular weight is 434 g/mol. The van der Waals surface area contributed by atoms with E-state index in [0.29, 0.717) is 18.7 Å². The van der Waals surface area contributed by atoms with Crippen LogP contribution >= 0.6 is 0 Å². The fourth-order valence-corrected chi connectivity index (χ4v) is 5.43. The lowest BCUT2D eigenvalue weighted by Crippen LogP contribution is -2.45. The minimum Gasteiger partial charge on any atom is -0.366 e. The van der Waals surface area contributed by atoms with Gasteiger partial charge < -0.3 is 10.6 Å². The Hall–Kier alpha value is -2.45. The molecule has 0 radical (unpaired) electrons. The van der Waals surface area contributed by atoms with E-state index in [0.717, 1.165) is 17.1 Å². The highest BCUT2D eigenvalue weighted by Gasteiger charge is 2.48. The van der Waals surface area contributed by atoms with Gasteiger partial charge in [0, 0.05) is 44.8 Å². The van der Waals surface area contributed by atoms with Gasteiger partial charge in [0.15, 0.2) is 0 Å². The Kier molecular flexibility index (Phi) is 7.60. The third-order valence-corrected chi connectivity index (χ3v) is 7.59. The second-order valence-electron chi connectivity index (χ2n) is 7.65. The van der Waals surface area contributed by atoms with Gasteiger partial charge in [-0.15, -0.1) is 0 Å². The van der Waals surface area contributed by atoms with Crippen molar-refractivity contribution in [3.8, 4) is 0 Å². The normalized spacial score (nSPS) is 19.2. The Morgan fingerprint density at radius 1 is 1.07 bits per heavy atom. The second-order valence-corrected chi connectivity index (χ2v) is 10.1. The summed E-state index contributed by atoms with van der Waals surface area (Å²) in [5.74, 6) is -1.04. The smallest absolute Gasteiger partial charge is 0.253 e. The highest BCUT2D eigenvalue weighted by atomic mass is 32.2. The minimum absolute atomic E-state index is 0.114. The summed E-state index contributed by atoms with van der Waals surface area (Å²) in [5, 5.41) is 0. The van der Waals surface area contributed by atoms with E-state index >= 15 is 0 Å². The monoisotopic (exact) mass is 433 g/mol. The molecule has 0 spiro atoms. The molecule has 1 atom stereocenters. The summed E-state index contributed by atoms with van der Waals surface area (Å²) >= 11 is 0. The molecule has 0 aliphatic heterocycles. The Morgan fingerprint density at radius 2 is 1.63 bits per heavy atom. The SMILES string of the molecule is CCCN(CCC)C(=O)C1=CC(c2ccccc2)(S(=O)(=O)N(C)C)CC(C(N)=O)=C1. The minimum atomic E-state index is -3.96. The number of amides is 2. The number of primary amides is 1. The molecular formula is C22H31N3O4S. The molecule has 0 bridgehead atoms. The highest BCUT2D eigenvalue weighted by Crippen LogP contribution is 2.43. The molecule has 2 amide bonds. The number of hydrogen-bond acceptors (Lipinski definition) is 4. The third kappa shape index (κ3) is 4.49. The molecule has 30 heavy (non-hydrogen) atoms. The predicted molar refractivity (Wildman–Crippen MR) is 118 cm³/mol. The largest absolute Gasteiger partial charge is 0.366 e. The maximum Gasteiger partial charge on any atom is 0.253 e. The molecule has 7 nitrogen and oxygen atoms in total. The summed E-state index contributed by atoms with van der Waals surface area (Å²) in [6.45, 7) is 5.03. The van der Waals surface area contributed by atoms with Gasteiger partial charge in [-0.3, -0.25) is 9.59 Å². The second kappa shape index (κ2) is 9.57. The van der Waals surface area contributed by atoms with E-state index in [9.17, 15) is 18.0 Å². The van der Waals surface area contributed by atoms with Crippen LogP contribution in [0, 0.1) is 0 Å². The zero-order chi connectivity index (χ0) is 22.5. The molecule has 0 saturated carbocycles. The zero-order valence-electron chi connectivity index (χ0n) is 18.1. The van der Waals surface area contributed by atoms with Crippen molar-refractivity contribution in [3.05, 3.63) is 59.2 Å². The van der Waals surface area contributed by atoms with Crippen LogP contribution in [0.25, 0.3) is 0 Å². The molecule has 8 heteroatoms. The quantitative estimate of drug-likeness (QED) is 0.645. The number of nitrogens with zero attached hydrogens (tertiary/aromatic N) is 2. The predicted octanol–water partition coefficient (Wildman–Crippen LogP) is 2.16. The molecular weight excluding hydrogens is 402 g/mol. The van der Waals surface area contributed by atoms with Crippen molar-refractivity contribution in [3.63, 3.8) is 0 Å². The summed E-state index contributed by atoms with van der Waals surface area (Å²) in [5.41, 5.74) is 6.34. The van der Waals surface area contributed by atoms with Gasteiger partial charge in [-0.05, 0) is 30.6 Å². The first-order valence-corrected chi connectivity index (χ1v) is 11.5. The van der Waals surface area contributed by atoms with Crippen molar-refractivity contribution >= 4 is 21.8 Å². The number of carbonyl (C=O) groups excluding carboxylic acids is 2. The number of nitrogens with two attached hydrogens (primary N) is 1. The summed E-state index contributed by atoms with van der Waals surface area (Å²) in [4.78, 5) is 27.2. The number of hydrogen-bond donors (Lipinski definition) is 1. The Morgan fingerprint density at radius 3 is 2.10 bits per heavy atom. The van der Waals surface area contributed by atoms with Crippen LogP contribution in [-0.2, 0) is 24.4 Å². The van der Waals surface area contributed by atoms with E-state index in [2.05, 4.69) is 0 Å². The van der Waals surface area contributed by atoms with Crippen molar-refractivity contribution in [1.29, 1.82) is 0 Å². The molecule has 164 valence electrons. The molecule has 1 aliphatic rings. The van der Waals surface area contributed by atoms with Crippen LogP contribution in [0.15, 0.2) is 53.6 Å². The van der Waals surface area contributed by atoms with Gasteiger partial charge >= 0.3 is 0 Å². The number of benzene rings is 1. The van der Waals surface area contributed by atoms with E-state index in [1.165, 1.54) is 26.2 Å².